The van der Waals surface area contributed by atoms with Crippen LogP contribution >= 0.6 is 0 Å². The summed E-state index contributed by atoms with van der Waals surface area (Å²) in [5.74, 6) is 0.850. The molecule has 1 aliphatic rings. The van der Waals surface area contributed by atoms with Gasteiger partial charge in [0.25, 0.3) is 0 Å². The summed E-state index contributed by atoms with van der Waals surface area (Å²) in [4.78, 5) is 0. The molecular weight excluding hydrogens is 210 g/mol. The zero-order valence-electron chi connectivity index (χ0n) is 11.4. The summed E-state index contributed by atoms with van der Waals surface area (Å²) in [6.07, 6.45) is 7.50. The molecular formula is C14H25N3. The molecule has 0 aromatic carbocycles. The van der Waals surface area contributed by atoms with Crippen molar-refractivity contribution in [2.75, 3.05) is 0 Å². The molecule has 17 heavy (non-hydrogen) atoms. The van der Waals surface area contributed by atoms with E-state index in [4.69, 9.17) is 0 Å². The van der Waals surface area contributed by atoms with Gasteiger partial charge < -0.3 is 5.32 Å². The minimum atomic E-state index is 0.169. The van der Waals surface area contributed by atoms with Crippen molar-refractivity contribution in [3.05, 3.63) is 18.0 Å². The summed E-state index contributed by atoms with van der Waals surface area (Å²) < 4.78 is 2.19. The molecule has 0 spiro atoms. The monoisotopic (exact) mass is 235 g/mol. The number of nitrogens with one attached hydrogen (secondary N) is 1. The van der Waals surface area contributed by atoms with Crippen molar-refractivity contribution in [2.24, 2.45) is 5.92 Å². The van der Waals surface area contributed by atoms with E-state index < -0.39 is 0 Å². The molecule has 0 bridgehead atoms. The first-order chi connectivity index (χ1) is 8.04. The normalized spacial score (nSPS) is 17.8. The van der Waals surface area contributed by atoms with Gasteiger partial charge in [0, 0.05) is 24.8 Å². The Morgan fingerprint density at radius 2 is 2.06 bits per heavy atom. The third-order valence-corrected chi connectivity index (χ3v) is 3.51. The molecule has 1 saturated carbocycles. The largest absolute Gasteiger partial charge is 0.306 e. The van der Waals surface area contributed by atoms with E-state index in [-0.39, 0.29) is 5.54 Å². The van der Waals surface area contributed by atoms with Crippen LogP contribution in [0.1, 0.15) is 52.1 Å². The molecule has 1 aromatic heterocycles. The van der Waals surface area contributed by atoms with E-state index in [1.54, 1.807) is 0 Å². The Morgan fingerprint density at radius 3 is 2.71 bits per heavy atom. The third-order valence-electron chi connectivity index (χ3n) is 3.51. The highest BCUT2D eigenvalue weighted by molar-refractivity contribution is 5.01. The van der Waals surface area contributed by atoms with Crippen LogP contribution in [0.5, 0.6) is 0 Å². The Hall–Kier alpha value is -0.830. The predicted octanol–water partition coefficient (Wildman–Crippen LogP) is 2.96. The first kappa shape index (κ1) is 12.6. The van der Waals surface area contributed by atoms with E-state index in [1.807, 2.05) is 6.20 Å². The average molecular weight is 235 g/mol. The zero-order chi connectivity index (χ0) is 12.3. The van der Waals surface area contributed by atoms with Gasteiger partial charge in [-0.05, 0) is 45.6 Å². The molecule has 3 nitrogen and oxygen atoms in total. The molecule has 1 aliphatic carbocycles. The van der Waals surface area contributed by atoms with Crippen LogP contribution in [-0.2, 0) is 13.1 Å². The number of rotatable bonds is 4. The molecule has 96 valence electrons. The fourth-order valence-corrected chi connectivity index (χ4v) is 2.47. The van der Waals surface area contributed by atoms with Gasteiger partial charge >= 0.3 is 0 Å². The summed E-state index contributed by atoms with van der Waals surface area (Å²) in [6.45, 7) is 8.62. The maximum atomic E-state index is 4.46. The van der Waals surface area contributed by atoms with Crippen molar-refractivity contribution in [3.8, 4) is 0 Å². The van der Waals surface area contributed by atoms with E-state index in [2.05, 4.69) is 41.9 Å². The smallest absolute Gasteiger partial charge is 0.0522 e. The van der Waals surface area contributed by atoms with Crippen LogP contribution in [0.2, 0.25) is 0 Å². The second kappa shape index (κ2) is 5.21. The summed E-state index contributed by atoms with van der Waals surface area (Å²) in [6, 6.07) is 2.13. The van der Waals surface area contributed by atoms with Gasteiger partial charge in [-0.3, -0.25) is 4.68 Å². The first-order valence-corrected chi connectivity index (χ1v) is 6.80. The molecule has 1 aromatic rings. The fraction of sp³-hybridized carbons (Fsp3) is 0.786. The van der Waals surface area contributed by atoms with Crippen LogP contribution < -0.4 is 5.32 Å². The average Bonchev–Trinajstić information content (AvgIpc) is 2.86. The number of aromatic nitrogens is 2. The van der Waals surface area contributed by atoms with E-state index in [0.29, 0.717) is 0 Å². The second-order valence-electron chi connectivity index (χ2n) is 6.26. The van der Waals surface area contributed by atoms with Gasteiger partial charge in [0.15, 0.2) is 0 Å². The molecule has 1 heterocycles. The summed E-state index contributed by atoms with van der Waals surface area (Å²) in [5, 5.41) is 7.99. The first-order valence-electron chi connectivity index (χ1n) is 6.80. The third kappa shape index (κ3) is 3.84. The standard InChI is InChI=1S/C14H25N3/c1-14(2,3)15-10-13-8-9-16-17(13)11-12-6-4-5-7-12/h8-9,12,15H,4-7,10-11H2,1-3H3. The Morgan fingerprint density at radius 1 is 1.35 bits per heavy atom. The van der Waals surface area contributed by atoms with E-state index in [9.17, 15) is 0 Å². The fourth-order valence-electron chi connectivity index (χ4n) is 2.47. The maximum Gasteiger partial charge on any atom is 0.0522 e. The lowest BCUT2D eigenvalue weighted by Crippen LogP contribution is -2.35. The number of hydrogen-bond acceptors (Lipinski definition) is 2. The Kier molecular flexibility index (Phi) is 3.87. The topological polar surface area (TPSA) is 29.9 Å². The van der Waals surface area contributed by atoms with Crippen LogP contribution in [-0.4, -0.2) is 15.3 Å². The molecule has 0 amide bonds. The van der Waals surface area contributed by atoms with E-state index in [1.165, 1.54) is 31.4 Å². The van der Waals surface area contributed by atoms with Gasteiger partial charge in [-0.15, -0.1) is 0 Å². The molecule has 1 fully saturated rings. The van der Waals surface area contributed by atoms with Gasteiger partial charge in [0.05, 0.1) is 5.69 Å². The van der Waals surface area contributed by atoms with Crippen molar-refractivity contribution in [2.45, 2.75) is 65.1 Å². The van der Waals surface area contributed by atoms with Crippen molar-refractivity contribution in [1.82, 2.24) is 15.1 Å². The summed E-state index contributed by atoms with van der Waals surface area (Å²) >= 11 is 0. The summed E-state index contributed by atoms with van der Waals surface area (Å²) in [7, 11) is 0. The molecule has 0 atom stereocenters. The molecule has 0 aliphatic heterocycles. The lowest BCUT2D eigenvalue weighted by atomic mass is 10.1. The van der Waals surface area contributed by atoms with Crippen LogP contribution in [0.4, 0.5) is 0 Å². The summed E-state index contributed by atoms with van der Waals surface area (Å²) in [5.41, 5.74) is 1.48. The Balaban J connectivity index is 1.91. The van der Waals surface area contributed by atoms with Crippen LogP contribution in [0.15, 0.2) is 12.3 Å². The highest BCUT2D eigenvalue weighted by atomic mass is 15.3. The van der Waals surface area contributed by atoms with Gasteiger partial charge in [-0.1, -0.05) is 12.8 Å². The van der Waals surface area contributed by atoms with Crippen molar-refractivity contribution >= 4 is 0 Å². The second-order valence-corrected chi connectivity index (χ2v) is 6.26. The highest BCUT2D eigenvalue weighted by Crippen LogP contribution is 2.26. The van der Waals surface area contributed by atoms with Crippen molar-refractivity contribution in [3.63, 3.8) is 0 Å². The van der Waals surface area contributed by atoms with E-state index >= 15 is 0 Å². The molecule has 0 saturated heterocycles. The lowest BCUT2D eigenvalue weighted by molar-refractivity contribution is 0.387. The SMILES string of the molecule is CC(C)(C)NCc1ccnn1CC1CCCC1. The van der Waals surface area contributed by atoms with Gasteiger partial charge in [-0.2, -0.15) is 5.10 Å². The van der Waals surface area contributed by atoms with Crippen LogP contribution in [0.3, 0.4) is 0 Å². The van der Waals surface area contributed by atoms with Gasteiger partial charge in [0.2, 0.25) is 0 Å². The minimum absolute atomic E-state index is 0.169. The maximum absolute atomic E-state index is 4.46. The molecule has 2 rings (SSSR count). The number of hydrogen-bond donors (Lipinski definition) is 1. The predicted molar refractivity (Wildman–Crippen MR) is 70.8 cm³/mol. The van der Waals surface area contributed by atoms with Crippen LogP contribution in [0, 0.1) is 5.92 Å². The minimum Gasteiger partial charge on any atom is -0.306 e. The van der Waals surface area contributed by atoms with Gasteiger partial charge in [0.1, 0.15) is 0 Å². The van der Waals surface area contributed by atoms with Crippen LogP contribution in [0.25, 0.3) is 0 Å². The molecule has 1 N–H and O–H groups in total. The molecule has 0 radical (unpaired) electrons. The molecule has 3 heteroatoms. The molecule has 0 unspecified atom stereocenters. The van der Waals surface area contributed by atoms with Gasteiger partial charge in [-0.25, -0.2) is 0 Å². The Labute approximate surface area is 105 Å². The van der Waals surface area contributed by atoms with Crippen molar-refractivity contribution < 1.29 is 0 Å². The van der Waals surface area contributed by atoms with E-state index in [0.717, 1.165) is 19.0 Å². The number of nitrogens with zero attached hydrogens (tertiary/aromatic N) is 2. The quantitative estimate of drug-likeness (QED) is 0.869. The zero-order valence-corrected chi connectivity index (χ0v) is 11.4. The highest BCUT2D eigenvalue weighted by Gasteiger charge is 2.17. The lowest BCUT2D eigenvalue weighted by Gasteiger charge is -2.21. The van der Waals surface area contributed by atoms with Crippen molar-refractivity contribution in [1.29, 1.82) is 0 Å². The Bertz CT molecular complexity index is 343.